The van der Waals surface area contributed by atoms with Crippen molar-refractivity contribution < 1.29 is 4.79 Å². The summed E-state index contributed by atoms with van der Waals surface area (Å²) in [5.41, 5.74) is 1.83. The fourth-order valence-corrected chi connectivity index (χ4v) is 1.88. The zero-order chi connectivity index (χ0) is 16.1. The van der Waals surface area contributed by atoms with Crippen molar-refractivity contribution in [3.8, 4) is 0 Å². The molecule has 22 heavy (non-hydrogen) atoms. The number of hydrogen-bond donors (Lipinski definition) is 3. The predicted molar refractivity (Wildman–Crippen MR) is 88.8 cm³/mol. The molecule has 2 amide bonds. The molecule has 1 aromatic heterocycles. The molecular formula is C15H18ClN5O. The molecule has 2 aromatic rings. The van der Waals surface area contributed by atoms with Gasteiger partial charge in [-0.1, -0.05) is 17.7 Å². The Morgan fingerprint density at radius 1 is 1.14 bits per heavy atom. The van der Waals surface area contributed by atoms with Gasteiger partial charge in [-0.2, -0.15) is 0 Å². The van der Waals surface area contributed by atoms with Crippen LogP contribution in [0, 0.1) is 6.92 Å². The van der Waals surface area contributed by atoms with Gasteiger partial charge >= 0.3 is 6.03 Å². The second-order valence-corrected chi connectivity index (χ2v) is 5.55. The van der Waals surface area contributed by atoms with Gasteiger partial charge in [-0.15, -0.1) is 10.2 Å². The molecule has 0 spiro atoms. The van der Waals surface area contributed by atoms with Crippen molar-refractivity contribution in [3.05, 3.63) is 40.9 Å². The highest BCUT2D eigenvalue weighted by Gasteiger charge is 2.05. The monoisotopic (exact) mass is 319 g/mol. The maximum Gasteiger partial charge on any atom is 0.320 e. The first kappa shape index (κ1) is 16.0. The third-order valence-electron chi connectivity index (χ3n) is 2.77. The molecule has 116 valence electrons. The molecule has 1 heterocycles. The van der Waals surface area contributed by atoms with E-state index in [4.69, 9.17) is 11.6 Å². The number of aromatic nitrogens is 2. The number of urea groups is 1. The zero-order valence-corrected chi connectivity index (χ0v) is 13.4. The Labute approximate surface area is 134 Å². The van der Waals surface area contributed by atoms with Crippen molar-refractivity contribution in [2.45, 2.75) is 26.8 Å². The van der Waals surface area contributed by atoms with Crippen molar-refractivity contribution in [2.24, 2.45) is 0 Å². The van der Waals surface area contributed by atoms with Gasteiger partial charge < -0.3 is 10.6 Å². The molecule has 0 bridgehead atoms. The number of benzene rings is 1. The van der Waals surface area contributed by atoms with E-state index >= 15 is 0 Å². The average Bonchev–Trinajstić information content (AvgIpc) is 2.44. The van der Waals surface area contributed by atoms with Crippen molar-refractivity contribution in [1.29, 1.82) is 0 Å². The number of anilines is 3. The molecule has 0 aliphatic rings. The molecule has 3 N–H and O–H groups in total. The second kappa shape index (κ2) is 7.09. The summed E-state index contributed by atoms with van der Waals surface area (Å²) >= 11 is 6.07. The molecule has 1 aromatic carbocycles. The summed E-state index contributed by atoms with van der Waals surface area (Å²) in [6, 6.07) is 8.79. The summed E-state index contributed by atoms with van der Waals surface area (Å²) in [4.78, 5) is 11.5. The quantitative estimate of drug-likeness (QED) is 0.802. The highest BCUT2D eigenvalue weighted by molar-refractivity contribution is 6.31. The Morgan fingerprint density at radius 3 is 2.41 bits per heavy atom. The van der Waals surface area contributed by atoms with E-state index in [0.717, 1.165) is 11.3 Å². The van der Waals surface area contributed by atoms with Crippen LogP contribution >= 0.6 is 11.6 Å². The summed E-state index contributed by atoms with van der Waals surface area (Å²) in [6.07, 6.45) is 0. The minimum Gasteiger partial charge on any atom is -0.339 e. The van der Waals surface area contributed by atoms with E-state index in [1.165, 1.54) is 0 Å². The highest BCUT2D eigenvalue weighted by Crippen LogP contribution is 2.22. The first-order valence-electron chi connectivity index (χ1n) is 6.88. The minimum absolute atomic E-state index is 0.0557. The van der Waals surface area contributed by atoms with Crippen molar-refractivity contribution >= 4 is 35.0 Å². The number of carbonyl (C=O) groups excluding carboxylic acids is 1. The number of hydrogen-bond acceptors (Lipinski definition) is 4. The van der Waals surface area contributed by atoms with Gasteiger partial charge in [0.1, 0.15) is 0 Å². The van der Waals surface area contributed by atoms with Crippen molar-refractivity contribution in [3.63, 3.8) is 0 Å². The van der Waals surface area contributed by atoms with Gasteiger partial charge in [0.15, 0.2) is 11.6 Å². The van der Waals surface area contributed by atoms with Gasteiger partial charge in [-0.25, -0.2) is 4.79 Å². The Bertz CT molecular complexity index is 657. The van der Waals surface area contributed by atoms with E-state index in [-0.39, 0.29) is 12.1 Å². The molecule has 0 aliphatic carbocycles. The molecule has 6 nitrogen and oxygen atoms in total. The van der Waals surface area contributed by atoms with Gasteiger partial charge in [0.25, 0.3) is 0 Å². The van der Waals surface area contributed by atoms with Crippen LogP contribution in [0.3, 0.4) is 0 Å². The fourth-order valence-electron chi connectivity index (χ4n) is 1.70. The lowest BCUT2D eigenvalue weighted by Gasteiger charge is -2.10. The smallest absolute Gasteiger partial charge is 0.320 e. The molecule has 0 unspecified atom stereocenters. The van der Waals surface area contributed by atoms with E-state index in [1.807, 2.05) is 39.0 Å². The van der Waals surface area contributed by atoms with Crippen LogP contribution in [0.5, 0.6) is 0 Å². The van der Waals surface area contributed by atoms with Gasteiger partial charge in [-0.3, -0.25) is 5.32 Å². The number of halogens is 1. The molecule has 7 heteroatoms. The predicted octanol–water partition coefficient (Wildman–Crippen LogP) is 3.71. The van der Waals surface area contributed by atoms with Crippen LogP contribution in [0.1, 0.15) is 19.4 Å². The lowest BCUT2D eigenvalue weighted by Crippen LogP contribution is -2.34. The number of nitrogens with zero attached hydrogens (tertiary/aromatic N) is 2. The molecule has 0 saturated carbocycles. The lowest BCUT2D eigenvalue weighted by atomic mass is 10.2. The summed E-state index contributed by atoms with van der Waals surface area (Å²) in [7, 11) is 0. The Balaban J connectivity index is 1.99. The van der Waals surface area contributed by atoms with Crippen molar-refractivity contribution in [1.82, 2.24) is 15.5 Å². The zero-order valence-electron chi connectivity index (χ0n) is 12.6. The number of carbonyl (C=O) groups is 1. The van der Waals surface area contributed by atoms with E-state index in [0.29, 0.717) is 16.7 Å². The van der Waals surface area contributed by atoms with Gasteiger partial charge in [0.2, 0.25) is 0 Å². The lowest BCUT2D eigenvalue weighted by molar-refractivity contribution is 0.250. The van der Waals surface area contributed by atoms with E-state index in [9.17, 15) is 4.79 Å². The molecule has 0 fully saturated rings. The van der Waals surface area contributed by atoms with Gasteiger partial charge in [-0.05, 0) is 50.6 Å². The fraction of sp³-hybridized carbons (Fsp3) is 0.267. The van der Waals surface area contributed by atoms with Crippen LogP contribution in [0.15, 0.2) is 30.3 Å². The van der Waals surface area contributed by atoms with Crippen LogP contribution < -0.4 is 16.0 Å². The number of amides is 2. The standard InChI is InChI=1S/C15H18ClN5O/c1-9(2)17-15(22)19-14-7-6-13(20-21-14)18-11-5-4-10(3)12(16)8-11/h4-9H,1-3H3,(H,18,20)(H2,17,19,21,22). The maximum absolute atomic E-state index is 11.5. The summed E-state index contributed by atoms with van der Waals surface area (Å²) in [5, 5.41) is 17.1. The first-order chi connectivity index (χ1) is 10.4. The molecule has 0 radical (unpaired) electrons. The van der Waals surface area contributed by atoms with Crippen LogP contribution in [0.2, 0.25) is 5.02 Å². The topological polar surface area (TPSA) is 78.9 Å². The third-order valence-corrected chi connectivity index (χ3v) is 3.18. The Kier molecular flexibility index (Phi) is 5.16. The number of rotatable bonds is 4. The van der Waals surface area contributed by atoms with Crippen LogP contribution in [0.4, 0.5) is 22.1 Å². The molecule has 0 atom stereocenters. The van der Waals surface area contributed by atoms with Crippen LogP contribution in [0.25, 0.3) is 0 Å². The highest BCUT2D eigenvalue weighted by atomic mass is 35.5. The average molecular weight is 320 g/mol. The van der Waals surface area contributed by atoms with Gasteiger partial charge in [0.05, 0.1) is 0 Å². The summed E-state index contributed by atoms with van der Waals surface area (Å²) < 4.78 is 0. The Hall–Kier alpha value is -2.34. The normalized spacial score (nSPS) is 10.4. The molecule has 0 aliphatic heterocycles. The van der Waals surface area contributed by atoms with E-state index in [2.05, 4.69) is 26.1 Å². The van der Waals surface area contributed by atoms with Crippen LogP contribution in [-0.2, 0) is 0 Å². The third kappa shape index (κ3) is 4.60. The first-order valence-corrected chi connectivity index (χ1v) is 7.26. The van der Waals surface area contributed by atoms with Gasteiger partial charge in [0, 0.05) is 16.8 Å². The molecule has 2 rings (SSSR count). The largest absolute Gasteiger partial charge is 0.339 e. The van der Waals surface area contributed by atoms with E-state index < -0.39 is 0 Å². The van der Waals surface area contributed by atoms with E-state index in [1.54, 1.807) is 12.1 Å². The SMILES string of the molecule is Cc1ccc(Nc2ccc(NC(=O)NC(C)C)nn2)cc1Cl. The van der Waals surface area contributed by atoms with Crippen molar-refractivity contribution in [2.75, 3.05) is 10.6 Å². The summed E-state index contributed by atoms with van der Waals surface area (Å²) in [6.45, 7) is 5.70. The number of aryl methyl sites for hydroxylation is 1. The Morgan fingerprint density at radius 2 is 1.82 bits per heavy atom. The summed E-state index contributed by atoms with van der Waals surface area (Å²) in [5.74, 6) is 0.945. The molecular weight excluding hydrogens is 302 g/mol. The maximum atomic E-state index is 11.5. The minimum atomic E-state index is -0.310. The molecule has 0 saturated heterocycles. The number of nitrogens with one attached hydrogen (secondary N) is 3. The second-order valence-electron chi connectivity index (χ2n) is 5.15. The van der Waals surface area contributed by atoms with Crippen LogP contribution in [-0.4, -0.2) is 22.3 Å².